The largest absolute Gasteiger partial charge is 0.399 e. The molecule has 2 rings (SSSR count). The summed E-state index contributed by atoms with van der Waals surface area (Å²) in [5.41, 5.74) is 13.0. The van der Waals surface area contributed by atoms with Crippen molar-refractivity contribution in [3.63, 3.8) is 0 Å². The summed E-state index contributed by atoms with van der Waals surface area (Å²) in [4.78, 5) is 14.3. The minimum absolute atomic E-state index is 0.0496. The van der Waals surface area contributed by atoms with Crippen molar-refractivity contribution in [3.05, 3.63) is 23.8 Å². The van der Waals surface area contributed by atoms with Crippen LogP contribution in [-0.2, 0) is 4.74 Å². The summed E-state index contributed by atoms with van der Waals surface area (Å²) in [6, 6.07) is 5.00. The molecule has 0 aromatic heterocycles. The van der Waals surface area contributed by atoms with E-state index in [4.69, 9.17) is 16.2 Å². The zero-order chi connectivity index (χ0) is 14.0. The summed E-state index contributed by atoms with van der Waals surface area (Å²) < 4.78 is 5.42. The number of ether oxygens (including phenoxy) is 1. The number of hydrogen-bond donors (Lipinski definition) is 2. The van der Waals surface area contributed by atoms with E-state index in [2.05, 4.69) is 6.92 Å². The second-order valence-electron chi connectivity index (χ2n) is 5.14. The van der Waals surface area contributed by atoms with Crippen LogP contribution < -0.4 is 11.5 Å². The highest BCUT2D eigenvalue weighted by Crippen LogP contribution is 2.23. The van der Waals surface area contributed by atoms with Crippen molar-refractivity contribution < 1.29 is 9.53 Å². The van der Waals surface area contributed by atoms with E-state index in [9.17, 15) is 4.79 Å². The number of nitrogens with two attached hydrogens (primary N) is 2. The van der Waals surface area contributed by atoms with Crippen LogP contribution in [0.15, 0.2) is 18.2 Å². The number of nitrogens with zero attached hydrogens (tertiary/aromatic N) is 1. The monoisotopic (exact) mass is 263 g/mol. The van der Waals surface area contributed by atoms with Crippen molar-refractivity contribution in [3.8, 4) is 0 Å². The van der Waals surface area contributed by atoms with Crippen LogP contribution in [0.3, 0.4) is 0 Å². The van der Waals surface area contributed by atoms with Gasteiger partial charge in [0.2, 0.25) is 0 Å². The molecule has 1 aliphatic rings. The van der Waals surface area contributed by atoms with Gasteiger partial charge in [-0.05, 0) is 30.5 Å². The summed E-state index contributed by atoms with van der Waals surface area (Å²) in [5.74, 6) is 0.421. The molecule has 1 heterocycles. The fourth-order valence-electron chi connectivity index (χ4n) is 2.47. The number of carbonyl (C=O) groups excluding carboxylic acids is 1. The van der Waals surface area contributed by atoms with Crippen LogP contribution in [-0.4, -0.2) is 37.1 Å². The van der Waals surface area contributed by atoms with Crippen molar-refractivity contribution in [2.75, 3.05) is 31.7 Å². The minimum atomic E-state index is -0.0496. The molecule has 2 unspecified atom stereocenters. The van der Waals surface area contributed by atoms with Crippen molar-refractivity contribution in [1.82, 2.24) is 4.90 Å². The van der Waals surface area contributed by atoms with Crippen molar-refractivity contribution >= 4 is 17.3 Å². The molecule has 0 saturated carbocycles. The number of piperidine rings is 1. The van der Waals surface area contributed by atoms with Crippen molar-refractivity contribution in [2.45, 2.75) is 19.4 Å². The van der Waals surface area contributed by atoms with Gasteiger partial charge in [-0.1, -0.05) is 6.92 Å². The SMILES string of the molecule is COC1CN(C(=O)c2ccc(N)cc2N)CCC1C. The quantitative estimate of drug-likeness (QED) is 0.789. The Balaban J connectivity index is 2.15. The molecule has 104 valence electrons. The lowest BCUT2D eigenvalue weighted by atomic mass is 9.95. The zero-order valence-electron chi connectivity index (χ0n) is 11.4. The first-order valence-electron chi connectivity index (χ1n) is 6.50. The number of anilines is 2. The Morgan fingerprint density at radius 2 is 2.16 bits per heavy atom. The Hall–Kier alpha value is -1.75. The number of hydrogen-bond acceptors (Lipinski definition) is 4. The molecule has 0 spiro atoms. The van der Waals surface area contributed by atoms with Gasteiger partial charge in [-0.2, -0.15) is 0 Å². The molecule has 1 fully saturated rings. The molecule has 5 heteroatoms. The van der Waals surface area contributed by atoms with Crippen LogP contribution in [0, 0.1) is 5.92 Å². The molecule has 0 aliphatic carbocycles. The first kappa shape index (κ1) is 13.7. The third-order valence-corrected chi connectivity index (χ3v) is 3.79. The molecular weight excluding hydrogens is 242 g/mol. The van der Waals surface area contributed by atoms with Gasteiger partial charge in [-0.3, -0.25) is 4.79 Å². The molecule has 1 aliphatic heterocycles. The molecule has 2 atom stereocenters. The smallest absolute Gasteiger partial charge is 0.256 e. The predicted molar refractivity (Wildman–Crippen MR) is 75.7 cm³/mol. The molecular formula is C14H21N3O2. The second kappa shape index (κ2) is 5.48. The van der Waals surface area contributed by atoms with E-state index in [1.807, 2.05) is 0 Å². The van der Waals surface area contributed by atoms with Gasteiger partial charge in [0.05, 0.1) is 11.7 Å². The maximum Gasteiger partial charge on any atom is 0.256 e. The molecule has 19 heavy (non-hydrogen) atoms. The van der Waals surface area contributed by atoms with Crippen LogP contribution >= 0.6 is 0 Å². The fourth-order valence-corrected chi connectivity index (χ4v) is 2.47. The van der Waals surface area contributed by atoms with E-state index in [0.29, 0.717) is 29.4 Å². The van der Waals surface area contributed by atoms with E-state index >= 15 is 0 Å². The molecule has 1 amide bonds. The Morgan fingerprint density at radius 1 is 1.42 bits per heavy atom. The van der Waals surface area contributed by atoms with Gasteiger partial charge >= 0.3 is 0 Å². The maximum absolute atomic E-state index is 12.4. The highest BCUT2D eigenvalue weighted by Gasteiger charge is 2.29. The third-order valence-electron chi connectivity index (χ3n) is 3.79. The Bertz CT molecular complexity index is 476. The molecule has 4 N–H and O–H groups in total. The van der Waals surface area contributed by atoms with Gasteiger partial charge in [0.1, 0.15) is 0 Å². The van der Waals surface area contributed by atoms with Crippen LogP contribution in [0.1, 0.15) is 23.7 Å². The lowest BCUT2D eigenvalue weighted by Crippen LogP contribution is -2.46. The van der Waals surface area contributed by atoms with Crippen molar-refractivity contribution in [1.29, 1.82) is 0 Å². The Kier molecular flexibility index (Phi) is 3.95. The third kappa shape index (κ3) is 2.81. The maximum atomic E-state index is 12.4. The predicted octanol–water partition coefficient (Wildman–Crippen LogP) is 1.35. The first-order valence-corrected chi connectivity index (χ1v) is 6.50. The lowest BCUT2D eigenvalue weighted by molar-refractivity contribution is -0.00152. The molecule has 1 saturated heterocycles. The van der Waals surface area contributed by atoms with Gasteiger partial charge in [-0.25, -0.2) is 0 Å². The van der Waals surface area contributed by atoms with E-state index in [0.717, 1.165) is 13.0 Å². The fraction of sp³-hybridized carbons (Fsp3) is 0.500. The number of amides is 1. The van der Waals surface area contributed by atoms with E-state index < -0.39 is 0 Å². The van der Waals surface area contributed by atoms with Gasteiger partial charge in [0.25, 0.3) is 5.91 Å². The van der Waals surface area contributed by atoms with E-state index in [1.54, 1.807) is 30.2 Å². The highest BCUT2D eigenvalue weighted by atomic mass is 16.5. The number of benzene rings is 1. The number of likely N-dealkylation sites (tertiary alicyclic amines) is 1. The Morgan fingerprint density at radius 3 is 2.79 bits per heavy atom. The van der Waals surface area contributed by atoms with Gasteiger partial charge in [0, 0.05) is 31.6 Å². The summed E-state index contributed by atoms with van der Waals surface area (Å²) in [6.07, 6.45) is 1.03. The summed E-state index contributed by atoms with van der Waals surface area (Å²) in [6.45, 7) is 3.50. The van der Waals surface area contributed by atoms with Gasteiger partial charge in [0.15, 0.2) is 0 Å². The van der Waals surface area contributed by atoms with Crippen LogP contribution in [0.2, 0.25) is 0 Å². The second-order valence-corrected chi connectivity index (χ2v) is 5.14. The molecule has 0 bridgehead atoms. The topological polar surface area (TPSA) is 81.6 Å². The number of nitrogen functional groups attached to an aromatic ring is 2. The summed E-state index contributed by atoms with van der Waals surface area (Å²) in [5, 5.41) is 0. The average molecular weight is 263 g/mol. The molecule has 1 aromatic rings. The highest BCUT2D eigenvalue weighted by molar-refractivity contribution is 5.99. The van der Waals surface area contributed by atoms with E-state index in [1.165, 1.54) is 0 Å². The first-order chi connectivity index (χ1) is 9.02. The van der Waals surface area contributed by atoms with Gasteiger partial charge in [-0.15, -0.1) is 0 Å². The lowest BCUT2D eigenvalue weighted by Gasteiger charge is -2.36. The number of methoxy groups -OCH3 is 1. The normalized spacial score (nSPS) is 23.4. The van der Waals surface area contributed by atoms with Gasteiger partial charge < -0.3 is 21.1 Å². The van der Waals surface area contributed by atoms with Crippen molar-refractivity contribution in [2.24, 2.45) is 5.92 Å². The summed E-state index contributed by atoms with van der Waals surface area (Å²) in [7, 11) is 1.69. The number of rotatable bonds is 2. The van der Waals surface area contributed by atoms with E-state index in [-0.39, 0.29) is 12.0 Å². The Labute approximate surface area is 113 Å². The standard InChI is InChI=1S/C14H21N3O2/c1-9-5-6-17(8-13(9)19-2)14(18)11-4-3-10(15)7-12(11)16/h3-4,7,9,13H,5-6,8,15-16H2,1-2H3. The molecule has 5 nitrogen and oxygen atoms in total. The average Bonchev–Trinajstić information content (AvgIpc) is 2.38. The zero-order valence-corrected chi connectivity index (χ0v) is 11.4. The van der Waals surface area contributed by atoms with Crippen LogP contribution in [0.25, 0.3) is 0 Å². The number of carbonyl (C=O) groups is 1. The summed E-state index contributed by atoms with van der Waals surface area (Å²) >= 11 is 0. The van der Waals surface area contributed by atoms with Crippen LogP contribution in [0.5, 0.6) is 0 Å². The molecule has 0 radical (unpaired) electrons. The minimum Gasteiger partial charge on any atom is -0.399 e. The molecule has 1 aromatic carbocycles. The van der Waals surface area contributed by atoms with Crippen LogP contribution in [0.4, 0.5) is 11.4 Å².